The molecule has 0 fully saturated rings. The van der Waals surface area contributed by atoms with Crippen molar-refractivity contribution in [3.05, 3.63) is 105 Å². The van der Waals surface area contributed by atoms with Crippen LogP contribution in [0, 0.1) is 24.0 Å². The molecule has 7 nitrogen and oxygen atoms in total. The second-order valence-electron chi connectivity index (χ2n) is 7.28. The Morgan fingerprint density at radius 3 is 2.23 bits per heavy atom. The zero-order valence-corrected chi connectivity index (χ0v) is 17.0. The van der Waals surface area contributed by atoms with E-state index in [1.54, 1.807) is 12.1 Å². The third-order valence-electron chi connectivity index (χ3n) is 5.09. The summed E-state index contributed by atoms with van der Waals surface area (Å²) in [5, 5.41) is 14.1. The van der Waals surface area contributed by atoms with Crippen LogP contribution in [0.25, 0.3) is 5.57 Å². The van der Waals surface area contributed by atoms with E-state index in [1.807, 2.05) is 50.2 Å². The fourth-order valence-corrected chi connectivity index (χ4v) is 3.56. The normalized spacial score (nSPS) is 13.7. The summed E-state index contributed by atoms with van der Waals surface area (Å²) in [4.78, 5) is 38.5. The molecule has 1 aliphatic heterocycles. The average Bonchev–Trinajstić information content (AvgIpc) is 2.98. The number of para-hydroxylation sites is 1. The molecule has 1 aliphatic rings. The molecule has 1 heterocycles. The van der Waals surface area contributed by atoms with Crippen molar-refractivity contribution in [1.82, 2.24) is 0 Å². The highest BCUT2D eigenvalue weighted by Gasteiger charge is 2.40. The standard InChI is InChI=1S/C24H19N3O4/c1-15-6-5-8-18(14-15)25-22-21(17-10-12-19(13-11-17)27(30)31)23(28)26(24(22)29)20-9-4-3-7-16(20)2/h3-14,25H,1-2H3. The van der Waals surface area contributed by atoms with Crippen molar-refractivity contribution in [2.75, 3.05) is 10.2 Å². The molecule has 0 saturated carbocycles. The first-order valence-electron chi connectivity index (χ1n) is 9.64. The van der Waals surface area contributed by atoms with Crippen LogP contribution in [0.1, 0.15) is 16.7 Å². The number of hydrogen-bond donors (Lipinski definition) is 1. The third kappa shape index (κ3) is 3.69. The number of amides is 2. The van der Waals surface area contributed by atoms with Gasteiger partial charge in [0.05, 0.1) is 16.2 Å². The van der Waals surface area contributed by atoms with Gasteiger partial charge in [-0.3, -0.25) is 19.7 Å². The Kier molecular flexibility index (Phi) is 5.09. The predicted octanol–water partition coefficient (Wildman–Crippen LogP) is 4.61. The second kappa shape index (κ2) is 7.87. The molecule has 4 rings (SSSR count). The molecule has 0 atom stereocenters. The number of anilines is 2. The Morgan fingerprint density at radius 1 is 0.871 bits per heavy atom. The van der Waals surface area contributed by atoms with Crippen LogP contribution < -0.4 is 10.2 Å². The molecule has 0 aliphatic carbocycles. The van der Waals surface area contributed by atoms with E-state index < -0.39 is 16.7 Å². The van der Waals surface area contributed by atoms with E-state index in [0.717, 1.165) is 16.0 Å². The van der Waals surface area contributed by atoms with Crippen LogP contribution in [-0.4, -0.2) is 16.7 Å². The molecule has 2 amide bonds. The van der Waals surface area contributed by atoms with Crippen molar-refractivity contribution in [3.8, 4) is 0 Å². The third-order valence-corrected chi connectivity index (χ3v) is 5.09. The van der Waals surface area contributed by atoms with Gasteiger partial charge in [0.1, 0.15) is 5.70 Å². The van der Waals surface area contributed by atoms with Gasteiger partial charge in [0.2, 0.25) is 0 Å². The number of nitro groups is 1. The smallest absolute Gasteiger partial charge is 0.282 e. The lowest BCUT2D eigenvalue weighted by Crippen LogP contribution is -2.33. The first-order chi connectivity index (χ1) is 14.9. The molecule has 7 heteroatoms. The molecular formula is C24H19N3O4. The minimum atomic E-state index is -0.509. The molecule has 0 spiro atoms. The number of hydrogen-bond acceptors (Lipinski definition) is 5. The lowest BCUT2D eigenvalue weighted by molar-refractivity contribution is -0.384. The number of rotatable bonds is 5. The van der Waals surface area contributed by atoms with Crippen LogP contribution >= 0.6 is 0 Å². The summed E-state index contributed by atoms with van der Waals surface area (Å²) in [5.41, 5.74) is 3.58. The molecule has 0 saturated heterocycles. The summed E-state index contributed by atoms with van der Waals surface area (Å²) < 4.78 is 0. The summed E-state index contributed by atoms with van der Waals surface area (Å²) in [6, 6.07) is 20.2. The van der Waals surface area contributed by atoms with Crippen LogP contribution in [-0.2, 0) is 9.59 Å². The molecule has 3 aromatic carbocycles. The summed E-state index contributed by atoms with van der Waals surface area (Å²) in [7, 11) is 0. The molecule has 31 heavy (non-hydrogen) atoms. The zero-order valence-electron chi connectivity index (χ0n) is 17.0. The topological polar surface area (TPSA) is 92.6 Å². The van der Waals surface area contributed by atoms with Crippen molar-refractivity contribution in [2.24, 2.45) is 0 Å². The van der Waals surface area contributed by atoms with Gasteiger partial charge in [0.15, 0.2) is 0 Å². The lowest BCUT2D eigenvalue weighted by atomic mass is 10.0. The fraction of sp³-hybridized carbons (Fsp3) is 0.0833. The van der Waals surface area contributed by atoms with Gasteiger partial charge in [-0.1, -0.05) is 30.3 Å². The van der Waals surface area contributed by atoms with Gasteiger partial charge in [-0.05, 0) is 60.9 Å². The second-order valence-corrected chi connectivity index (χ2v) is 7.28. The van der Waals surface area contributed by atoms with Gasteiger partial charge in [0.25, 0.3) is 17.5 Å². The minimum Gasteiger partial charge on any atom is -0.350 e. The molecule has 0 aromatic heterocycles. The number of carbonyl (C=O) groups excluding carboxylic acids is 2. The quantitative estimate of drug-likeness (QED) is 0.375. The maximum Gasteiger partial charge on any atom is 0.282 e. The summed E-state index contributed by atoms with van der Waals surface area (Å²) in [6.07, 6.45) is 0. The van der Waals surface area contributed by atoms with Crippen LogP contribution in [0.3, 0.4) is 0 Å². The summed E-state index contributed by atoms with van der Waals surface area (Å²) in [6.45, 7) is 3.76. The Bertz CT molecular complexity index is 1250. The number of aryl methyl sites for hydroxylation is 2. The summed E-state index contributed by atoms with van der Waals surface area (Å²) in [5.74, 6) is -0.961. The van der Waals surface area contributed by atoms with Gasteiger partial charge >= 0.3 is 0 Å². The van der Waals surface area contributed by atoms with Crippen LogP contribution in [0.15, 0.2) is 78.5 Å². The van der Waals surface area contributed by atoms with Gasteiger partial charge in [-0.2, -0.15) is 0 Å². The number of non-ortho nitro benzene ring substituents is 1. The maximum absolute atomic E-state index is 13.4. The SMILES string of the molecule is Cc1cccc(NC2=C(c3ccc([N+](=O)[O-])cc3)C(=O)N(c3ccccc3C)C2=O)c1. The molecule has 0 unspecified atom stereocenters. The average molecular weight is 413 g/mol. The Hall–Kier alpha value is -4.26. The Balaban J connectivity index is 1.84. The molecule has 0 radical (unpaired) electrons. The van der Waals surface area contributed by atoms with Crippen molar-refractivity contribution in [1.29, 1.82) is 0 Å². The van der Waals surface area contributed by atoms with Gasteiger partial charge < -0.3 is 5.32 Å². The van der Waals surface area contributed by atoms with E-state index in [-0.39, 0.29) is 17.0 Å². The van der Waals surface area contributed by atoms with Crippen molar-refractivity contribution < 1.29 is 14.5 Å². The van der Waals surface area contributed by atoms with E-state index in [9.17, 15) is 19.7 Å². The fourth-order valence-electron chi connectivity index (χ4n) is 3.56. The molecule has 154 valence electrons. The number of nitro benzene ring substituents is 1. The van der Waals surface area contributed by atoms with Crippen molar-refractivity contribution in [3.63, 3.8) is 0 Å². The van der Waals surface area contributed by atoms with Gasteiger partial charge in [-0.15, -0.1) is 0 Å². The van der Waals surface area contributed by atoms with Gasteiger partial charge in [0, 0.05) is 17.8 Å². The van der Waals surface area contributed by atoms with E-state index in [1.165, 1.54) is 24.3 Å². The highest BCUT2D eigenvalue weighted by Crippen LogP contribution is 2.35. The van der Waals surface area contributed by atoms with Gasteiger partial charge in [-0.25, -0.2) is 4.90 Å². The Labute approximate surface area is 178 Å². The highest BCUT2D eigenvalue weighted by atomic mass is 16.6. The van der Waals surface area contributed by atoms with E-state index in [4.69, 9.17) is 0 Å². The van der Waals surface area contributed by atoms with Crippen molar-refractivity contribution in [2.45, 2.75) is 13.8 Å². The molecule has 1 N–H and O–H groups in total. The Morgan fingerprint density at radius 2 is 1.58 bits per heavy atom. The highest BCUT2D eigenvalue weighted by molar-refractivity contribution is 6.46. The minimum absolute atomic E-state index is 0.0925. The number of nitrogens with zero attached hydrogens (tertiary/aromatic N) is 2. The monoisotopic (exact) mass is 413 g/mol. The predicted molar refractivity (Wildman–Crippen MR) is 118 cm³/mol. The van der Waals surface area contributed by atoms with E-state index in [2.05, 4.69) is 5.32 Å². The lowest BCUT2D eigenvalue weighted by Gasteiger charge is -2.17. The summed E-state index contributed by atoms with van der Waals surface area (Å²) >= 11 is 0. The van der Waals surface area contributed by atoms with Crippen LogP contribution in [0.4, 0.5) is 17.1 Å². The first-order valence-corrected chi connectivity index (χ1v) is 9.64. The number of imide groups is 1. The molecule has 0 bridgehead atoms. The number of nitrogens with one attached hydrogen (secondary N) is 1. The number of benzene rings is 3. The van der Waals surface area contributed by atoms with E-state index >= 15 is 0 Å². The largest absolute Gasteiger partial charge is 0.350 e. The number of carbonyl (C=O) groups is 2. The van der Waals surface area contributed by atoms with E-state index in [0.29, 0.717) is 16.9 Å². The van der Waals surface area contributed by atoms with Crippen LogP contribution in [0.5, 0.6) is 0 Å². The maximum atomic E-state index is 13.4. The van der Waals surface area contributed by atoms with Crippen molar-refractivity contribution >= 4 is 34.4 Å². The van der Waals surface area contributed by atoms with Crippen LogP contribution in [0.2, 0.25) is 0 Å². The molecule has 3 aromatic rings. The first kappa shape index (κ1) is 20.0. The molecular weight excluding hydrogens is 394 g/mol. The zero-order chi connectivity index (χ0) is 22.1.